The van der Waals surface area contributed by atoms with Gasteiger partial charge >= 0.3 is 0 Å². The second-order valence-corrected chi connectivity index (χ2v) is 5.29. The molecule has 0 aliphatic heterocycles. The highest BCUT2D eigenvalue weighted by atomic mass is 32.1. The summed E-state index contributed by atoms with van der Waals surface area (Å²) >= 11 is 1.86. The van der Waals surface area contributed by atoms with E-state index in [9.17, 15) is 0 Å². The van der Waals surface area contributed by atoms with E-state index in [1.165, 1.54) is 26.4 Å². The van der Waals surface area contributed by atoms with E-state index in [1.807, 2.05) is 11.3 Å². The zero-order valence-corrected chi connectivity index (χ0v) is 10.8. The summed E-state index contributed by atoms with van der Waals surface area (Å²) in [6, 6.07) is 11.0. The fourth-order valence-corrected chi connectivity index (χ4v) is 2.69. The van der Waals surface area contributed by atoms with Crippen molar-refractivity contribution in [2.24, 2.45) is 0 Å². The number of aryl methyl sites for hydroxylation is 2. The van der Waals surface area contributed by atoms with E-state index in [4.69, 9.17) is 0 Å². The molecule has 2 rings (SSSR count). The SMILES string of the molecule is C/C=C/c1ccc(C)cc1-c1ccc(C)s1. The van der Waals surface area contributed by atoms with E-state index in [1.54, 1.807) is 0 Å². The third-order valence-electron chi connectivity index (χ3n) is 2.56. The van der Waals surface area contributed by atoms with Crippen molar-refractivity contribution >= 4 is 17.4 Å². The Hall–Kier alpha value is -1.34. The Bertz CT molecular complexity index is 518. The third-order valence-corrected chi connectivity index (χ3v) is 3.59. The van der Waals surface area contributed by atoms with Gasteiger partial charge in [-0.2, -0.15) is 0 Å². The molecule has 0 bridgehead atoms. The van der Waals surface area contributed by atoms with Crippen molar-refractivity contribution in [1.82, 2.24) is 0 Å². The first kappa shape index (κ1) is 11.2. The van der Waals surface area contributed by atoms with Gasteiger partial charge in [0.1, 0.15) is 0 Å². The van der Waals surface area contributed by atoms with E-state index in [-0.39, 0.29) is 0 Å². The molecule has 0 fully saturated rings. The Morgan fingerprint density at radius 1 is 1.06 bits per heavy atom. The summed E-state index contributed by atoms with van der Waals surface area (Å²) in [5.41, 5.74) is 3.96. The summed E-state index contributed by atoms with van der Waals surface area (Å²) in [7, 11) is 0. The summed E-state index contributed by atoms with van der Waals surface area (Å²) < 4.78 is 0. The van der Waals surface area contributed by atoms with Crippen LogP contribution in [-0.2, 0) is 0 Å². The number of benzene rings is 1. The van der Waals surface area contributed by atoms with Gasteiger partial charge in [-0.05, 0) is 44.0 Å². The molecule has 0 nitrogen and oxygen atoms in total. The monoisotopic (exact) mass is 228 g/mol. The maximum Gasteiger partial charge on any atom is 0.0351 e. The first-order chi connectivity index (χ1) is 7.70. The first-order valence-corrected chi connectivity index (χ1v) is 6.32. The Balaban J connectivity index is 2.57. The normalized spacial score (nSPS) is 11.2. The minimum atomic E-state index is 1.30. The van der Waals surface area contributed by atoms with Gasteiger partial charge in [0, 0.05) is 9.75 Å². The highest BCUT2D eigenvalue weighted by Gasteiger charge is 2.05. The second-order valence-electron chi connectivity index (χ2n) is 4.00. The number of hydrogen-bond acceptors (Lipinski definition) is 1. The number of hydrogen-bond donors (Lipinski definition) is 0. The van der Waals surface area contributed by atoms with Crippen LogP contribution in [0.5, 0.6) is 0 Å². The molecule has 1 heterocycles. The maximum atomic E-state index is 2.26. The van der Waals surface area contributed by atoms with E-state index in [0.717, 1.165) is 0 Å². The van der Waals surface area contributed by atoms with Crippen molar-refractivity contribution in [3.63, 3.8) is 0 Å². The highest BCUT2D eigenvalue weighted by molar-refractivity contribution is 7.15. The fraction of sp³-hybridized carbons (Fsp3) is 0.200. The van der Waals surface area contributed by atoms with Crippen molar-refractivity contribution in [2.45, 2.75) is 20.8 Å². The largest absolute Gasteiger partial charge is 0.141 e. The molecule has 0 atom stereocenters. The molecule has 16 heavy (non-hydrogen) atoms. The predicted molar refractivity (Wildman–Crippen MR) is 73.9 cm³/mol. The lowest BCUT2D eigenvalue weighted by Crippen LogP contribution is -1.82. The third kappa shape index (κ3) is 2.25. The van der Waals surface area contributed by atoms with Crippen LogP contribution < -0.4 is 0 Å². The quantitative estimate of drug-likeness (QED) is 0.673. The molecule has 0 spiro atoms. The molecule has 0 aliphatic carbocycles. The average Bonchev–Trinajstić information content (AvgIpc) is 2.68. The summed E-state index contributed by atoms with van der Waals surface area (Å²) in [6.07, 6.45) is 4.26. The van der Waals surface area contributed by atoms with E-state index >= 15 is 0 Å². The van der Waals surface area contributed by atoms with Gasteiger partial charge in [-0.3, -0.25) is 0 Å². The van der Waals surface area contributed by atoms with Gasteiger partial charge in [-0.25, -0.2) is 0 Å². The van der Waals surface area contributed by atoms with Crippen molar-refractivity contribution in [3.8, 4) is 10.4 Å². The molecule has 0 aliphatic rings. The molecule has 1 aromatic carbocycles. The van der Waals surface area contributed by atoms with Gasteiger partial charge in [0.25, 0.3) is 0 Å². The zero-order chi connectivity index (χ0) is 11.5. The summed E-state index contributed by atoms with van der Waals surface area (Å²) in [6.45, 7) is 6.35. The molecule has 0 radical (unpaired) electrons. The molecule has 2 aromatic rings. The number of allylic oxidation sites excluding steroid dienone is 1. The number of thiophene rings is 1. The Morgan fingerprint density at radius 2 is 1.88 bits per heavy atom. The molecule has 0 unspecified atom stereocenters. The smallest absolute Gasteiger partial charge is 0.0351 e. The molecule has 82 valence electrons. The van der Waals surface area contributed by atoms with Crippen LogP contribution in [0.25, 0.3) is 16.5 Å². The van der Waals surface area contributed by atoms with Crippen molar-refractivity contribution < 1.29 is 0 Å². The van der Waals surface area contributed by atoms with Crippen LogP contribution in [-0.4, -0.2) is 0 Å². The predicted octanol–water partition coefficient (Wildman–Crippen LogP) is 5.07. The Kier molecular flexibility index (Phi) is 3.25. The lowest BCUT2D eigenvalue weighted by molar-refractivity contribution is 1.46. The molecule has 0 amide bonds. The van der Waals surface area contributed by atoms with Crippen LogP contribution in [0.2, 0.25) is 0 Å². The van der Waals surface area contributed by atoms with E-state index in [0.29, 0.717) is 0 Å². The van der Waals surface area contributed by atoms with Gasteiger partial charge < -0.3 is 0 Å². The molecule has 0 saturated heterocycles. The van der Waals surface area contributed by atoms with E-state index in [2.05, 4.69) is 63.3 Å². The second kappa shape index (κ2) is 4.67. The lowest BCUT2D eigenvalue weighted by atomic mass is 10.0. The molecule has 1 aromatic heterocycles. The summed E-state index contributed by atoms with van der Waals surface area (Å²) in [4.78, 5) is 2.72. The Morgan fingerprint density at radius 3 is 2.50 bits per heavy atom. The summed E-state index contributed by atoms with van der Waals surface area (Å²) in [5, 5.41) is 0. The molecular weight excluding hydrogens is 212 g/mol. The van der Waals surface area contributed by atoms with Gasteiger partial charge in [0.05, 0.1) is 0 Å². The van der Waals surface area contributed by atoms with Gasteiger partial charge in [-0.15, -0.1) is 11.3 Å². The highest BCUT2D eigenvalue weighted by Crippen LogP contribution is 2.31. The minimum Gasteiger partial charge on any atom is -0.141 e. The van der Waals surface area contributed by atoms with Crippen molar-refractivity contribution in [1.29, 1.82) is 0 Å². The minimum absolute atomic E-state index is 1.30. The summed E-state index contributed by atoms with van der Waals surface area (Å²) in [5.74, 6) is 0. The molecule has 0 N–H and O–H groups in total. The van der Waals surface area contributed by atoms with Gasteiger partial charge in [0.15, 0.2) is 0 Å². The zero-order valence-electron chi connectivity index (χ0n) is 9.95. The van der Waals surface area contributed by atoms with Crippen LogP contribution in [0, 0.1) is 13.8 Å². The van der Waals surface area contributed by atoms with Crippen LogP contribution in [0.3, 0.4) is 0 Å². The van der Waals surface area contributed by atoms with Gasteiger partial charge in [0.2, 0.25) is 0 Å². The van der Waals surface area contributed by atoms with Crippen LogP contribution in [0.4, 0.5) is 0 Å². The Labute approximate surface area is 101 Å². The number of rotatable bonds is 2. The van der Waals surface area contributed by atoms with Crippen LogP contribution in [0.15, 0.2) is 36.4 Å². The maximum absolute atomic E-state index is 2.26. The first-order valence-electron chi connectivity index (χ1n) is 5.51. The van der Waals surface area contributed by atoms with E-state index < -0.39 is 0 Å². The molecular formula is C15H16S. The topological polar surface area (TPSA) is 0 Å². The lowest BCUT2D eigenvalue weighted by Gasteiger charge is -2.05. The van der Waals surface area contributed by atoms with Gasteiger partial charge in [-0.1, -0.05) is 35.9 Å². The van der Waals surface area contributed by atoms with Crippen molar-refractivity contribution in [2.75, 3.05) is 0 Å². The molecule has 0 saturated carbocycles. The van der Waals surface area contributed by atoms with Crippen molar-refractivity contribution in [3.05, 3.63) is 52.4 Å². The van der Waals surface area contributed by atoms with Crippen LogP contribution in [0.1, 0.15) is 22.9 Å². The average molecular weight is 228 g/mol. The standard InChI is InChI=1S/C15H16S/c1-4-5-13-8-6-11(2)10-14(13)15-9-7-12(3)16-15/h4-10H,1-3H3/b5-4+. The van der Waals surface area contributed by atoms with Crippen LogP contribution >= 0.6 is 11.3 Å². The fourth-order valence-electron chi connectivity index (χ4n) is 1.79. The molecule has 1 heteroatoms.